The highest BCUT2D eigenvalue weighted by atomic mass is 35.5. The predicted molar refractivity (Wildman–Crippen MR) is 100 cm³/mol. The van der Waals surface area contributed by atoms with Crippen LogP contribution in [0, 0.1) is 0 Å². The first-order valence-electron chi connectivity index (χ1n) is 8.20. The van der Waals surface area contributed by atoms with Crippen LogP contribution in [0.1, 0.15) is 16.1 Å². The fourth-order valence-electron chi connectivity index (χ4n) is 2.58. The number of carbonyl (C=O) groups is 1. The van der Waals surface area contributed by atoms with E-state index in [0.29, 0.717) is 15.9 Å². The van der Waals surface area contributed by atoms with Gasteiger partial charge >= 0.3 is 6.18 Å². The van der Waals surface area contributed by atoms with Gasteiger partial charge in [-0.1, -0.05) is 11.6 Å². The van der Waals surface area contributed by atoms with Crippen molar-refractivity contribution in [1.29, 1.82) is 0 Å². The number of halogens is 4. The molecule has 0 aliphatic rings. The number of fused-ring (bicyclic) bond motifs is 1. The summed E-state index contributed by atoms with van der Waals surface area (Å²) < 4.78 is 49.4. The van der Waals surface area contributed by atoms with Gasteiger partial charge < -0.3 is 19.8 Å². The molecule has 3 rings (SSSR count). The Labute approximate surface area is 163 Å². The summed E-state index contributed by atoms with van der Waals surface area (Å²) in [6.45, 7) is 0.368. The minimum atomic E-state index is -4.55. The van der Waals surface area contributed by atoms with Crippen LogP contribution in [-0.2, 0) is 10.9 Å². The molecule has 0 radical (unpaired) electrons. The van der Waals surface area contributed by atoms with Crippen molar-refractivity contribution in [2.45, 2.75) is 6.18 Å². The number of alkyl halides is 3. The van der Waals surface area contributed by atoms with Crippen molar-refractivity contribution in [2.24, 2.45) is 0 Å². The van der Waals surface area contributed by atoms with E-state index >= 15 is 0 Å². The van der Waals surface area contributed by atoms with Gasteiger partial charge in [0.15, 0.2) is 0 Å². The van der Waals surface area contributed by atoms with Gasteiger partial charge in [0.2, 0.25) is 0 Å². The molecule has 0 spiro atoms. The molecule has 0 atom stereocenters. The van der Waals surface area contributed by atoms with Gasteiger partial charge in [-0.05, 0) is 42.5 Å². The Bertz CT molecular complexity index is 1000. The van der Waals surface area contributed by atoms with Gasteiger partial charge in [0.05, 0.1) is 17.9 Å². The summed E-state index contributed by atoms with van der Waals surface area (Å²) in [7, 11) is 1.47. The number of hydrogen-bond donors (Lipinski definition) is 2. The standard InChI is InChI=1S/C19H16ClF3N2O3/c1-27-6-7-28-17-5-2-12(19(21,22)23)10-15(17)25-18(26)16-9-11-8-13(20)3-4-14(11)24-16/h2-5,8-10,24H,6-7H2,1H3,(H,25,26). The van der Waals surface area contributed by atoms with Gasteiger partial charge in [-0.25, -0.2) is 0 Å². The SMILES string of the molecule is COCCOc1ccc(C(F)(F)F)cc1NC(=O)c1cc2cc(Cl)ccc2[nH]1. The summed E-state index contributed by atoms with van der Waals surface area (Å²) in [6, 6.07) is 9.50. The van der Waals surface area contributed by atoms with Gasteiger partial charge in [-0.3, -0.25) is 4.79 Å². The van der Waals surface area contributed by atoms with E-state index in [4.69, 9.17) is 21.1 Å². The number of benzene rings is 2. The van der Waals surface area contributed by atoms with Crippen molar-refractivity contribution < 1.29 is 27.4 Å². The normalized spacial score (nSPS) is 11.6. The van der Waals surface area contributed by atoms with Crippen LogP contribution < -0.4 is 10.1 Å². The summed E-state index contributed by atoms with van der Waals surface area (Å²) in [5.41, 5.74) is -0.134. The number of amides is 1. The Morgan fingerprint density at radius 3 is 2.64 bits per heavy atom. The van der Waals surface area contributed by atoms with Gasteiger partial charge in [-0.2, -0.15) is 13.2 Å². The maximum atomic E-state index is 13.1. The van der Waals surface area contributed by atoms with E-state index in [9.17, 15) is 18.0 Å². The van der Waals surface area contributed by atoms with Crippen molar-refractivity contribution in [2.75, 3.05) is 25.6 Å². The summed E-state index contributed by atoms with van der Waals surface area (Å²) in [5.74, 6) is -0.499. The average molecular weight is 413 g/mol. The molecule has 0 saturated heterocycles. The topological polar surface area (TPSA) is 63.4 Å². The number of methoxy groups -OCH3 is 1. The van der Waals surface area contributed by atoms with E-state index in [1.807, 2.05) is 0 Å². The van der Waals surface area contributed by atoms with Gasteiger partial charge in [0.1, 0.15) is 18.1 Å². The number of anilines is 1. The number of aromatic amines is 1. The number of H-pyrrole nitrogens is 1. The van der Waals surface area contributed by atoms with E-state index in [2.05, 4.69) is 10.3 Å². The zero-order valence-corrected chi connectivity index (χ0v) is 15.4. The van der Waals surface area contributed by atoms with E-state index < -0.39 is 17.6 Å². The Balaban J connectivity index is 1.89. The van der Waals surface area contributed by atoms with Crippen LogP contribution in [-0.4, -0.2) is 31.2 Å². The molecular weight excluding hydrogens is 397 g/mol. The van der Waals surface area contributed by atoms with Gasteiger partial charge in [0, 0.05) is 23.0 Å². The summed E-state index contributed by atoms with van der Waals surface area (Å²) in [5, 5.41) is 3.68. The third-order valence-electron chi connectivity index (χ3n) is 3.93. The first kappa shape index (κ1) is 20.0. The molecule has 1 heterocycles. The lowest BCUT2D eigenvalue weighted by molar-refractivity contribution is -0.137. The molecule has 2 N–H and O–H groups in total. The van der Waals surface area contributed by atoms with Crippen LogP contribution in [0.25, 0.3) is 10.9 Å². The highest BCUT2D eigenvalue weighted by Crippen LogP contribution is 2.35. The fraction of sp³-hybridized carbons (Fsp3) is 0.211. The number of nitrogens with one attached hydrogen (secondary N) is 2. The molecule has 28 heavy (non-hydrogen) atoms. The molecule has 9 heteroatoms. The van der Waals surface area contributed by atoms with E-state index in [1.54, 1.807) is 24.3 Å². The van der Waals surface area contributed by atoms with Crippen LogP contribution in [0.2, 0.25) is 5.02 Å². The van der Waals surface area contributed by atoms with Crippen LogP contribution >= 0.6 is 11.6 Å². The molecule has 148 valence electrons. The highest BCUT2D eigenvalue weighted by molar-refractivity contribution is 6.31. The van der Waals surface area contributed by atoms with Crippen LogP contribution in [0.3, 0.4) is 0 Å². The molecule has 0 unspecified atom stereocenters. The van der Waals surface area contributed by atoms with Crippen LogP contribution in [0.4, 0.5) is 18.9 Å². The van der Waals surface area contributed by atoms with Crippen molar-refractivity contribution in [3.8, 4) is 5.75 Å². The van der Waals surface area contributed by atoms with Crippen LogP contribution in [0.5, 0.6) is 5.75 Å². The smallest absolute Gasteiger partial charge is 0.416 e. The highest BCUT2D eigenvalue weighted by Gasteiger charge is 2.31. The molecule has 0 aliphatic heterocycles. The van der Waals surface area contributed by atoms with Gasteiger partial charge in [0.25, 0.3) is 5.91 Å². The minimum absolute atomic E-state index is 0.0902. The van der Waals surface area contributed by atoms with Gasteiger partial charge in [-0.15, -0.1) is 0 Å². The Hall–Kier alpha value is -2.71. The first-order chi connectivity index (χ1) is 13.3. The first-order valence-corrected chi connectivity index (χ1v) is 8.58. The molecule has 1 amide bonds. The zero-order chi connectivity index (χ0) is 20.3. The number of carbonyl (C=O) groups excluding carboxylic acids is 1. The summed E-state index contributed by atoms with van der Waals surface area (Å²) >= 11 is 5.93. The fourth-order valence-corrected chi connectivity index (χ4v) is 2.76. The number of hydrogen-bond acceptors (Lipinski definition) is 3. The largest absolute Gasteiger partial charge is 0.489 e. The second-order valence-electron chi connectivity index (χ2n) is 5.92. The molecule has 0 fully saturated rings. The lowest BCUT2D eigenvalue weighted by Gasteiger charge is -2.15. The van der Waals surface area contributed by atoms with Crippen molar-refractivity contribution in [3.05, 3.63) is 58.7 Å². The maximum Gasteiger partial charge on any atom is 0.416 e. The van der Waals surface area contributed by atoms with Crippen molar-refractivity contribution in [1.82, 2.24) is 4.98 Å². The molecule has 0 saturated carbocycles. The number of aromatic nitrogens is 1. The molecule has 0 bridgehead atoms. The molecule has 0 aliphatic carbocycles. The number of rotatable bonds is 6. The van der Waals surface area contributed by atoms with Crippen LogP contribution in [0.15, 0.2) is 42.5 Å². The Kier molecular flexibility index (Phi) is 5.81. The summed E-state index contributed by atoms with van der Waals surface area (Å²) in [6.07, 6.45) is -4.55. The predicted octanol–water partition coefficient (Wildman–Crippen LogP) is 5.12. The molecule has 2 aromatic carbocycles. The quantitative estimate of drug-likeness (QED) is 0.552. The third-order valence-corrected chi connectivity index (χ3v) is 4.16. The second kappa shape index (κ2) is 8.12. The average Bonchev–Trinajstić information content (AvgIpc) is 3.05. The molecule has 3 aromatic rings. The monoisotopic (exact) mass is 412 g/mol. The summed E-state index contributed by atoms with van der Waals surface area (Å²) in [4.78, 5) is 15.5. The second-order valence-corrected chi connectivity index (χ2v) is 6.36. The maximum absolute atomic E-state index is 13.1. The van der Waals surface area contributed by atoms with Crippen molar-refractivity contribution >= 4 is 34.1 Å². The lowest BCUT2D eigenvalue weighted by atomic mass is 10.1. The third kappa shape index (κ3) is 4.58. The Morgan fingerprint density at radius 2 is 1.93 bits per heavy atom. The van der Waals surface area contributed by atoms with E-state index in [-0.39, 0.29) is 30.3 Å². The zero-order valence-electron chi connectivity index (χ0n) is 14.7. The van der Waals surface area contributed by atoms with E-state index in [0.717, 1.165) is 12.1 Å². The Morgan fingerprint density at radius 1 is 1.14 bits per heavy atom. The molecule has 1 aromatic heterocycles. The van der Waals surface area contributed by atoms with Crippen molar-refractivity contribution in [3.63, 3.8) is 0 Å². The minimum Gasteiger partial charge on any atom is -0.489 e. The molecule has 5 nitrogen and oxygen atoms in total. The lowest BCUT2D eigenvalue weighted by Crippen LogP contribution is -2.15. The number of ether oxygens (including phenoxy) is 2. The van der Waals surface area contributed by atoms with E-state index in [1.165, 1.54) is 13.2 Å². The molecular formula is C19H16ClF3N2O3.